The largest absolute Gasteiger partial charge is 0.455 e. The Morgan fingerprint density at radius 3 is 2.02 bits per heavy atom. The molecule has 0 aliphatic carbocycles. The molecule has 0 atom stereocenters. The molecule has 0 unspecified atom stereocenters. The van der Waals surface area contributed by atoms with Crippen molar-refractivity contribution in [3.8, 4) is 56.2 Å². The van der Waals surface area contributed by atoms with Crippen molar-refractivity contribution in [2.45, 2.75) is 0 Å². The summed E-state index contributed by atoms with van der Waals surface area (Å²) in [5.41, 5.74) is 10.7. The van der Waals surface area contributed by atoms with Crippen molar-refractivity contribution in [2.75, 3.05) is 0 Å². The summed E-state index contributed by atoms with van der Waals surface area (Å²) in [6, 6.07) is 52.8. The Morgan fingerprint density at radius 1 is 0.460 bits per heavy atom. The second-order valence-corrected chi connectivity index (χ2v) is 13.5. The van der Waals surface area contributed by atoms with Crippen LogP contribution >= 0.6 is 11.3 Å². The molecule has 50 heavy (non-hydrogen) atoms. The molecule has 0 saturated heterocycles. The molecule has 0 radical (unpaired) electrons. The molecule has 6 aromatic carbocycles. The number of furan rings is 1. The molecule has 0 N–H and O–H groups in total. The highest BCUT2D eigenvalue weighted by molar-refractivity contribution is 7.25. The lowest BCUT2D eigenvalue weighted by atomic mass is 9.93. The van der Waals surface area contributed by atoms with E-state index in [0.29, 0.717) is 5.82 Å². The second-order valence-electron chi connectivity index (χ2n) is 12.4. The van der Waals surface area contributed by atoms with Gasteiger partial charge < -0.3 is 4.42 Å². The van der Waals surface area contributed by atoms with E-state index in [2.05, 4.69) is 120 Å². The van der Waals surface area contributed by atoms with Crippen LogP contribution in [0.4, 0.5) is 0 Å². The minimum Gasteiger partial charge on any atom is -0.455 e. The van der Waals surface area contributed by atoms with E-state index in [0.717, 1.165) is 66.7 Å². The third-order valence-electron chi connectivity index (χ3n) is 9.43. The van der Waals surface area contributed by atoms with E-state index >= 15 is 0 Å². The zero-order valence-corrected chi connectivity index (χ0v) is 27.6. The molecule has 0 aliphatic heterocycles. The monoisotopic (exact) mass is 657 g/mol. The van der Waals surface area contributed by atoms with Gasteiger partial charge in [-0.15, -0.1) is 11.3 Å². The Labute approximate surface area is 292 Å². The van der Waals surface area contributed by atoms with Crippen molar-refractivity contribution in [3.63, 3.8) is 0 Å². The summed E-state index contributed by atoms with van der Waals surface area (Å²) in [6.45, 7) is 0. The van der Waals surface area contributed by atoms with Crippen molar-refractivity contribution in [1.29, 1.82) is 0 Å². The molecule has 4 aromatic heterocycles. The van der Waals surface area contributed by atoms with E-state index in [-0.39, 0.29) is 0 Å². The summed E-state index contributed by atoms with van der Waals surface area (Å²) >= 11 is 1.84. The number of para-hydroxylation sites is 1. The zero-order valence-electron chi connectivity index (χ0n) is 26.7. The molecule has 0 spiro atoms. The number of benzene rings is 6. The van der Waals surface area contributed by atoms with E-state index in [1.807, 2.05) is 53.9 Å². The number of pyridine rings is 1. The smallest absolute Gasteiger partial charge is 0.160 e. The summed E-state index contributed by atoms with van der Waals surface area (Å²) in [6.07, 6.45) is 3.67. The van der Waals surface area contributed by atoms with Gasteiger partial charge in [-0.3, -0.25) is 4.98 Å². The maximum Gasteiger partial charge on any atom is 0.160 e. The standard InChI is InChI=1S/C45H27N3OS/c1-2-10-29(11-3-1)37-26-38(48-45(47-37)30-21-19-28(20-22-30)31-12-9-25-46-27-31)34-24-23-33(43-35-13-4-6-16-39(35)49-44(34)43)32-15-8-18-41-42(32)36-14-5-7-17-40(36)50-41/h1-27H. The maximum absolute atomic E-state index is 6.77. The van der Waals surface area contributed by atoms with Gasteiger partial charge in [-0.1, -0.05) is 115 Å². The fraction of sp³-hybridized carbons (Fsp3) is 0. The van der Waals surface area contributed by atoms with Gasteiger partial charge in [-0.25, -0.2) is 9.97 Å². The molecule has 0 amide bonds. The molecule has 0 saturated carbocycles. The number of hydrogen-bond acceptors (Lipinski definition) is 5. The minimum atomic E-state index is 0.655. The van der Waals surface area contributed by atoms with Gasteiger partial charge in [0.1, 0.15) is 11.2 Å². The summed E-state index contributed by atoms with van der Waals surface area (Å²) in [4.78, 5) is 14.6. The fourth-order valence-electron chi connectivity index (χ4n) is 7.07. The lowest BCUT2D eigenvalue weighted by Gasteiger charge is -2.12. The van der Waals surface area contributed by atoms with Crippen LogP contribution in [0.5, 0.6) is 0 Å². The second kappa shape index (κ2) is 11.6. The molecule has 234 valence electrons. The topological polar surface area (TPSA) is 51.8 Å². The van der Waals surface area contributed by atoms with Crippen LogP contribution in [0, 0.1) is 0 Å². The molecule has 10 aromatic rings. The van der Waals surface area contributed by atoms with Crippen LogP contribution < -0.4 is 0 Å². The number of rotatable bonds is 5. The number of aromatic nitrogens is 3. The van der Waals surface area contributed by atoms with Gasteiger partial charge in [0.25, 0.3) is 0 Å². The number of nitrogens with zero attached hydrogens (tertiary/aromatic N) is 3. The number of thiophene rings is 1. The lowest BCUT2D eigenvalue weighted by Crippen LogP contribution is -1.96. The first-order valence-electron chi connectivity index (χ1n) is 16.6. The Morgan fingerprint density at radius 2 is 1.16 bits per heavy atom. The van der Waals surface area contributed by atoms with Gasteiger partial charge in [0, 0.05) is 60.0 Å². The molecule has 4 heterocycles. The van der Waals surface area contributed by atoms with E-state index < -0.39 is 0 Å². The summed E-state index contributed by atoms with van der Waals surface area (Å²) < 4.78 is 9.33. The quantitative estimate of drug-likeness (QED) is 0.185. The van der Waals surface area contributed by atoms with Crippen LogP contribution in [0.2, 0.25) is 0 Å². The first-order valence-corrected chi connectivity index (χ1v) is 17.4. The fourth-order valence-corrected chi connectivity index (χ4v) is 8.20. The SMILES string of the molecule is c1ccc(-c2cc(-c3ccc(-c4cccc5sc6ccccc6c45)c4c3oc3ccccc34)nc(-c3ccc(-c4cccnc4)cc3)n2)cc1. The summed E-state index contributed by atoms with van der Waals surface area (Å²) in [5.74, 6) is 0.655. The van der Waals surface area contributed by atoms with Gasteiger partial charge in [0.2, 0.25) is 0 Å². The minimum absolute atomic E-state index is 0.655. The zero-order chi connectivity index (χ0) is 33.0. The van der Waals surface area contributed by atoms with E-state index in [1.54, 1.807) is 6.20 Å². The van der Waals surface area contributed by atoms with Gasteiger partial charge >= 0.3 is 0 Å². The van der Waals surface area contributed by atoms with Gasteiger partial charge in [-0.05, 0) is 58.7 Å². The Balaban J connectivity index is 1.21. The third kappa shape index (κ3) is 4.71. The first-order chi connectivity index (χ1) is 24.8. The van der Waals surface area contributed by atoms with Gasteiger partial charge in [0.05, 0.1) is 11.4 Å². The van der Waals surface area contributed by atoms with Crippen LogP contribution in [-0.4, -0.2) is 15.0 Å². The van der Waals surface area contributed by atoms with Crippen molar-refractivity contribution in [1.82, 2.24) is 15.0 Å². The highest BCUT2D eigenvalue weighted by atomic mass is 32.1. The van der Waals surface area contributed by atoms with E-state index in [1.165, 1.54) is 25.7 Å². The average Bonchev–Trinajstić information content (AvgIpc) is 3.77. The normalized spacial score (nSPS) is 11.6. The summed E-state index contributed by atoms with van der Waals surface area (Å²) in [7, 11) is 0. The average molecular weight is 658 g/mol. The predicted octanol–water partition coefficient (Wildman–Crippen LogP) is 12.5. The first kappa shape index (κ1) is 28.6. The van der Waals surface area contributed by atoms with Crippen LogP contribution in [0.15, 0.2) is 168 Å². The van der Waals surface area contributed by atoms with Crippen LogP contribution in [-0.2, 0) is 0 Å². The highest BCUT2D eigenvalue weighted by Gasteiger charge is 2.21. The third-order valence-corrected chi connectivity index (χ3v) is 10.6. The highest BCUT2D eigenvalue weighted by Crippen LogP contribution is 2.46. The van der Waals surface area contributed by atoms with Crippen molar-refractivity contribution in [3.05, 3.63) is 164 Å². The van der Waals surface area contributed by atoms with Crippen molar-refractivity contribution in [2.24, 2.45) is 0 Å². The van der Waals surface area contributed by atoms with Gasteiger partial charge in [0.15, 0.2) is 5.82 Å². The molecular formula is C45H27N3OS. The van der Waals surface area contributed by atoms with E-state index in [4.69, 9.17) is 14.4 Å². The molecule has 4 nitrogen and oxygen atoms in total. The van der Waals surface area contributed by atoms with Crippen LogP contribution in [0.3, 0.4) is 0 Å². The van der Waals surface area contributed by atoms with Gasteiger partial charge in [-0.2, -0.15) is 0 Å². The number of hydrogen-bond donors (Lipinski definition) is 0. The molecular weight excluding hydrogens is 631 g/mol. The van der Waals surface area contributed by atoms with E-state index in [9.17, 15) is 0 Å². The molecule has 5 heteroatoms. The molecule has 0 aliphatic rings. The Kier molecular flexibility index (Phi) is 6.64. The van der Waals surface area contributed by atoms with Crippen molar-refractivity contribution < 1.29 is 4.42 Å². The maximum atomic E-state index is 6.77. The molecule has 0 fully saturated rings. The molecule has 0 bridgehead atoms. The summed E-state index contributed by atoms with van der Waals surface area (Å²) in [5, 5.41) is 4.72. The Bertz CT molecular complexity index is 2860. The predicted molar refractivity (Wildman–Crippen MR) is 207 cm³/mol. The van der Waals surface area contributed by atoms with Crippen LogP contribution in [0.1, 0.15) is 0 Å². The Hall–Kier alpha value is -6.43. The van der Waals surface area contributed by atoms with Crippen molar-refractivity contribution >= 4 is 53.4 Å². The molecule has 10 rings (SSSR count). The van der Waals surface area contributed by atoms with Crippen LogP contribution in [0.25, 0.3) is 98.3 Å². The number of fused-ring (bicyclic) bond motifs is 6. The lowest BCUT2D eigenvalue weighted by molar-refractivity contribution is 0.670.